The van der Waals surface area contributed by atoms with E-state index in [0.29, 0.717) is 13.0 Å². The molecule has 4 nitrogen and oxygen atoms in total. The van der Waals surface area contributed by atoms with Crippen LogP contribution in [-0.2, 0) is 4.79 Å². The van der Waals surface area contributed by atoms with Crippen molar-refractivity contribution < 1.29 is 14.4 Å². The van der Waals surface area contributed by atoms with E-state index in [0.717, 1.165) is 24.0 Å². The highest BCUT2D eigenvalue weighted by molar-refractivity contribution is 5.78. The zero-order valence-electron chi connectivity index (χ0n) is 11.6. The first-order chi connectivity index (χ1) is 8.59. The molecule has 0 aromatic rings. The number of carbonyl (C=O) groups is 1. The summed E-state index contributed by atoms with van der Waals surface area (Å²) in [6, 6.07) is 0. The molecule has 2 fully saturated rings. The Kier molecular flexibility index (Phi) is 4.62. The van der Waals surface area contributed by atoms with Gasteiger partial charge in [0.15, 0.2) is 0 Å². The summed E-state index contributed by atoms with van der Waals surface area (Å²) in [6.07, 6.45) is 6.45. The third-order valence-electron chi connectivity index (χ3n) is 4.40. The standard InChI is InChI=1S/C14H27N2O2/c1-16(9-4-2-3-5-10-16)12-13(17)11-15-8-6-7-14(15)18/h13,17H,2-12H2,1H3/q+1/t13-/m0/s1. The number of likely N-dealkylation sites (N-methyl/N-ethyl adjacent to an activating group) is 1. The summed E-state index contributed by atoms with van der Waals surface area (Å²) in [5.41, 5.74) is 0. The van der Waals surface area contributed by atoms with Gasteiger partial charge in [-0.25, -0.2) is 0 Å². The first kappa shape index (κ1) is 13.8. The van der Waals surface area contributed by atoms with Crippen LogP contribution in [0.5, 0.6) is 0 Å². The van der Waals surface area contributed by atoms with E-state index in [1.54, 1.807) is 0 Å². The number of β-amino-alcohol motifs (C(OH)–C–C–N with tert-alkyl or cyclic N) is 1. The predicted octanol–water partition coefficient (Wildman–Crippen LogP) is 0.990. The second-order valence-electron chi connectivity index (χ2n) is 6.26. The summed E-state index contributed by atoms with van der Waals surface area (Å²) in [4.78, 5) is 13.4. The summed E-state index contributed by atoms with van der Waals surface area (Å²) in [5.74, 6) is 0.215. The highest BCUT2D eigenvalue weighted by atomic mass is 16.3. The van der Waals surface area contributed by atoms with Crippen molar-refractivity contribution in [3.05, 3.63) is 0 Å². The van der Waals surface area contributed by atoms with Gasteiger partial charge >= 0.3 is 0 Å². The molecule has 1 atom stereocenters. The molecule has 2 aliphatic rings. The van der Waals surface area contributed by atoms with Crippen LogP contribution in [0.25, 0.3) is 0 Å². The van der Waals surface area contributed by atoms with Gasteiger partial charge in [0.1, 0.15) is 12.6 Å². The van der Waals surface area contributed by atoms with Crippen LogP contribution in [0.15, 0.2) is 0 Å². The number of amides is 1. The lowest BCUT2D eigenvalue weighted by Gasteiger charge is -2.36. The molecule has 2 heterocycles. The Bertz CT molecular complexity index is 286. The van der Waals surface area contributed by atoms with Gasteiger partial charge in [-0.3, -0.25) is 4.79 Å². The normalized spacial score (nSPS) is 26.1. The minimum atomic E-state index is -0.366. The van der Waals surface area contributed by atoms with Crippen molar-refractivity contribution in [1.82, 2.24) is 4.90 Å². The molecular weight excluding hydrogens is 228 g/mol. The van der Waals surface area contributed by atoms with Crippen LogP contribution in [0, 0.1) is 0 Å². The molecule has 2 rings (SSSR count). The van der Waals surface area contributed by atoms with E-state index in [9.17, 15) is 9.90 Å². The van der Waals surface area contributed by atoms with Gasteiger partial charge in [-0.1, -0.05) is 0 Å². The minimum absolute atomic E-state index is 0.215. The molecule has 2 aliphatic heterocycles. The maximum Gasteiger partial charge on any atom is 0.222 e. The molecule has 0 saturated carbocycles. The number of nitrogens with zero attached hydrogens (tertiary/aromatic N) is 2. The van der Waals surface area contributed by atoms with Gasteiger partial charge in [-0.2, -0.15) is 0 Å². The van der Waals surface area contributed by atoms with E-state index in [-0.39, 0.29) is 12.0 Å². The molecule has 1 N–H and O–H groups in total. The Morgan fingerprint density at radius 2 is 1.89 bits per heavy atom. The summed E-state index contributed by atoms with van der Waals surface area (Å²) < 4.78 is 0.975. The topological polar surface area (TPSA) is 40.5 Å². The molecule has 0 aromatic heterocycles. The zero-order chi connectivity index (χ0) is 13.0. The minimum Gasteiger partial charge on any atom is -0.385 e. The van der Waals surface area contributed by atoms with E-state index in [2.05, 4.69) is 7.05 Å². The first-order valence-electron chi connectivity index (χ1n) is 7.38. The lowest BCUT2D eigenvalue weighted by molar-refractivity contribution is -0.911. The van der Waals surface area contributed by atoms with Crippen LogP contribution < -0.4 is 0 Å². The second-order valence-corrected chi connectivity index (χ2v) is 6.26. The maximum absolute atomic E-state index is 11.5. The fraction of sp³-hybridized carbons (Fsp3) is 0.929. The number of aliphatic hydroxyl groups excluding tert-OH is 1. The molecule has 104 valence electrons. The highest BCUT2D eigenvalue weighted by Crippen LogP contribution is 2.17. The summed E-state index contributed by atoms with van der Waals surface area (Å²) in [6.45, 7) is 4.51. The number of aliphatic hydroxyl groups is 1. The van der Waals surface area contributed by atoms with E-state index in [1.807, 2.05) is 4.90 Å². The molecular formula is C14H27N2O2+. The van der Waals surface area contributed by atoms with Gasteiger partial charge in [0, 0.05) is 13.0 Å². The van der Waals surface area contributed by atoms with Crippen molar-refractivity contribution in [3.63, 3.8) is 0 Å². The van der Waals surface area contributed by atoms with Gasteiger partial charge in [0.05, 0.1) is 26.7 Å². The molecule has 4 heteroatoms. The molecule has 0 aliphatic carbocycles. The van der Waals surface area contributed by atoms with Gasteiger partial charge in [-0.05, 0) is 32.1 Å². The predicted molar refractivity (Wildman–Crippen MR) is 71.1 cm³/mol. The van der Waals surface area contributed by atoms with Crippen molar-refractivity contribution >= 4 is 5.91 Å². The quantitative estimate of drug-likeness (QED) is 0.761. The molecule has 0 bridgehead atoms. The summed E-state index contributed by atoms with van der Waals surface area (Å²) in [5, 5.41) is 10.2. The Morgan fingerprint density at radius 3 is 2.44 bits per heavy atom. The van der Waals surface area contributed by atoms with Gasteiger partial charge in [0.25, 0.3) is 0 Å². The van der Waals surface area contributed by atoms with Crippen molar-refractivity contribution in [2.24, 2.45) is 0 Å². The highest BCUT2D eigenvalue weighted by Gasteiger charge is 2.29. The van der Waals surface area contributed by atoms with Gasteiger partial charge in [0.2, 0.25) is 5.91 Å². The average Bonchev–Trinajstić information content (AvgIpc) is 2.58. The van der Waals surface area contributed by atoms with Crippen LogP contribution >= 0.6 is 0 Å². The monoisotopic (exact) mass is 255 g/mol. The molecule has 18 heavy (non-hydrogen) atoms. The maximum atomic E-state index is 11.5. The first-order valence-corrected chi connectivity index (χ1v) is 7.38. The number of likely N-dealkylation sites (tertiary alicyclic amines) is 2. The van der Waals surface area contributed by atoms with Crippen molar-refractivity contribution in [1.29, 1.82) is 0 Å². The largest absolute Gasteiger partial charge is 0.385 e. The van der Waals surface area contributed by atoms with Crippen molar-refractivity contribution in [3.8, 4) is 0 Å². The number of rotatable bonds is 4. The van der Waals surface area contributed by atoms with Crippen LogP contribution in [0.1, 0.15) is 38.5 Å². The fourth-order valence-corrected chi connectivity index (χ4v) is 3.35. The number of hydrogen-bond donors (Lipinski definition) is 1. The van der Waals surface area contributed by atoms with Crippen LogP contribution in [0.2, 0.25) is 0 Å². The summed E-state index contributed by atoms with van der Waals surface area (Å²) >= 11 is 0. The smallest absolute Gasteiger partial charge is 0.222 e. The molecule has 0 radical (unpaired) electrons. The van der Waals surface area contributed by atoms with E-state index >= 15 is 0 Å². The second kappa shape index (κ2) is 6.02. The Hall–Kier alpha value is -0.610. The van der Waals surface area contributed by atoms with Gasteiger partial charge < -0.3 is 14.5 Å². The average molecular weight is 255 g/mol. The SMILES string of the molecule is C[N+]1(C[C@@H](O)CN2CCCC2=O)CCCCCC1. The van der Waals surface area contributed by atoms with E-state index in [4.69, 9.17) is 0 Å². The van der Waals surface area contributed by atoms with Crippen molar-refractivity contribution in [2.45, 2.75) is 44.6 Å². The Balaban J connectivity index is 1.81. The van der Waals surface area contributed by atoms with Gasteiger partial charge in [-0.15, -0.1) is 0 Å². The fourth-order valence-electron chi connectivity index (χ4n) is 3.35. The third-order valence-corrected chi connectivity index (χ3v) is 4.40. The third kappa shape index (κ3) is 3.69. The molecule has 0 aromatic carbocycles. The lowest BCUT2D eigenvalue weighted by Crippen LogP contribution is -2.51. The van der Waals surface area contributed by atoms with E-state index in [1.165, 1.54) is 38.8 Å². The molecule has 2 saturated heterocycles. The van der Waals surface area contributed by atoms with E-state index < -0.39 is 0 Å². The molecule has 0 spiro atoms. The number of hydrogen-bond acceptors (Lipinski definition) is 2. The number of carbonyl (C=O) groups excluding carboxylic acids is 1. The van der Waals surface area contributed by atoms with Crippen molar-refractivity contribution in [2.75, 3.05) is 39.8 Å². The Morgan fingerprint density at radius 1 is 1.22 bits per heavy atom. The number of quaternary nitrogens is 1. The van der Waals surface area contributed by atoms with Crippen LogP contribution in [0.3, 0.4) is 0 Å². The molecule has 1 amide bonds. The molecule has 0 unspecified atom stereocenters. The zero-order valence-corrected chi connectivity index (χ0v) is 11.6. The van der Waals surface area contributed by atoms with Crippen LogP contribution in [-0.4, -0.2) is 66.3 Å². The Labute approximate surface area is 110 Å². The summed E-state index contributed by atoms with van der Waals surface area (Å²) in [7, 11) is 2.25. The lowest BCUT2D eigenvalue weighted by atomic mass is 10.2. The van der Waals surface area contributed by atoms with Crippen LogP contribution in [0.4, 0.5) is 0 Å².